The summed E-state index contributed by atoms with van der Waals surface area (Å²) < 4.78 is 5.69. The van der Waals surface area contributed by atoms with Crippen LogP contribution in [0.15, 0.2) is 53.9 Å². The highest BCUT2D eigenvalue weighted by Gasteiger charge is 2.12. The molecule has 0 aliphatic carbocycles. The third kappa shape index (κ3) is 4.54. The number of thiophene rings is 1. The van der Waals surface area contributed by atoms with Gasteiger partial charge in [-0.3, -0.25) is 4.79 Å². The highest BCUT2D eigenvalue weighted by molar-refractivity contribution is 7.12. The molecule has 1 N–H and O–H groups in total. The van der Waals surface area contributed by atoms with Crippen molar-refractivity contribution in [3.8, 4) is 5.75 Å². The van der Waals surface area contributed by atoms with Gasteiger partial charge in [0.15, 0.2) is 0 Å². The molecule has 0 aliphatic rings. The minimum Gasteiger partial charge on any atom is -0.489 e. The number of rotatable bonds is 5. The minimum absolute atomic E-state index is 0.159. The highest BCUT2D eigenvalue weighted by atomic mass is 35.5. The summed E-state index contributed by atoms with van der Waals surface area (Å²) in [7, 11) is 0. The first-order valence-electron chi connectivity index (χ1n) is 7.55. The van der Waals surface area contributed by atoms with Crippen LogP contribution in [0.3, 0.4) is 0 Å². The van der Waals surface area contributed by atoms with E-state index in [1.54, 1.807) is 18.2 Å². The van der Waals surface area contributed by atoms with Gasteiger partial charge in [0.2, 0.25) is 0 Å². The van der Waals surface area contributed by atoms with E-state index in [4.69, 9.17) is 27.9 Å². The molecule has 0 fully saturated rings. The van der Waals surface area contributed by atoms with E-state index in [2.05, 4.69) is 5.32 Å². The summed E-state index contributed by atoms with van der Waals surface area (Å²) in [5.41, 5.74) is 2.50. The Bertz CT molecular complexity index is 891. The summed E-state index contributed by atoms with van der Waals surface area (Å²) in [4.78, 5) is 13.0. The van der Waals surface area contributed by atoms with E-state index < -0.39 is 0 Å². The molecule has 25 heavy (non-hydrogen) atoms. The normalized spacial score (nSPS) is 10.5. The van der Waals surface area contributed by atoms with Gasteiger partial charge in [-0.2, -0.15) is 0 Å². The van der Waals surface area contributed by atoms with Crippen molar-refractivity contribution in [1.82, 2.24) is 0 Å². The maximum Gasteiger partial charge on any atom is 0.265 e. The molecule has 128 valence electrons. The summed E-state index contributed by atoms with van der Waals surface area (Å²) in [6, 6.07) is 14.4. The van der Waals surface area contributed by atoms with Crippen LogP contribution in [-0.2, 0) is 6.61 Å². The molecule has 0 bridgehead atoms. The van der Waals surface area contributed by atoms with Crippen LogP contribution in [0.4, 0.5) is 5.69 Å². The molecule has 0 saturated carbocycles. The second-order valence-electron chi connectivity index (χ2n) is 5.43. The van der Waals surface area contributed by atoms with Crippen LogP contribution in [-0.4, -0.2) is 5.91 Å². The van der Waals surface area contributed by atoms with Gasteiger partial charge in [-0.05, 0) is 60.3 Å². The van der Waals surface area contributed by atoms with E-state index in [0.29, 0.717) is 27.2 Å². The van der Waals surface area contributed by atoms with E-state index in [9.17, 15) is 4.79 Å². The van der Waals surface area contributed by atoms with E-state index in [1.165, 1.54) is 11.3 Å². The van der Waals surface area contributed by atoms with E-state index in [1.807, 2.05) is 42.6 Å². The fourth-order valence-corrected chi connectivity index (χ4v) is 3.29. The SMILES string of the molecule is Cc1c(Cl)cccc1NC(=O)c1cc(COc2ccc(Cl)cc2)cs1. The molecule has 2 aromatic carbocycles. The molecule has 3 aromatic rings. The highest BCUT2D eigenvalue weighted by Crippen LogP contribution is 2.25. The first-order valence-corrected chi connectivity index (χ1v) is 9.19. The third-order valence-electron chi connectivity index (χ3n) is 3.61. The maximum atomic E-state index is 12.4. The summed E-state index contributed by atoms with van der Waals surface area (Å²) in [6.45, 7) is 2.26. The molecule has 3 nitrogen and oxygen atoms in total. The number of hydrogen-bond donors (Lipinski definition) is 1. The van der Waals surface area contributed by atoms with Crippen molar-refractivity contribution in [2.75, 3.05) is 5.32 Å². The largest absolute Gasteiger partial charge is 0.489 e. The zero-order chi connectivity index (χ0) is 17.8. The van der Waals surface area contributed by atoms with Gasteiger partial charge in [-0.25, -0.2) is 0 Å². The number of ether oxygens (including phenoxy) is 1. The molecule has 1 aromatic heterocycles. The quantitative estimate of drug-likeness (QED) is 0.562. The Morgan fingerprint density at radius 1 is 1.16 bits per heavy atom. The van der Waals surface area contributed by atoms with Crippen LogP contribution >= 0.6 is 34.5 Å². The Hall–Kier alpha value is -2.01. The van der Waals surface area contributed by atoms with Gasteiger partial charge < -0.3 is 10.1 Å². The topological polar surface area (TPSA) is 38.3 Å². The predicted molar refractivity (Wildman–Crippen MR) is 104 cm³/mol. The minimum atomic E-state index is -0.159. The number of carbonyl (C=O) groups excluding carboxylic acids is 1. The van der Waals surface area contributed by atoms with Crippen LogP contribution in [0.1, 0.15) is 20.8 Å². The fraction of sp³-hybridized carbons (Fsp3) is 0.105. The summed E-state index contributed by atoms with van der Waals surface area (Å²) in [5.74, 6) is 0.573. The number of hydrogen-bond acceptors (Lipinski definition) is 3. The van der Waals surface area contributed by atoms with Crippen LogP contribution < -0.4 is 10.1 Å². The first-order chi connectivity index (χ1) is 12.0. The van der Waals surface area contributed by atoms with Gasteiger partial charge in [0, 0.05) is 21.3 Å². The number of halogens is 2. The second-order valence-corrected chi connectivity index (χ2v) is 7.18. The third-order valence-corrected chi connectivity index (χ3v) is 5.25. The molecule has 3 rings (SSSR count). The van der Waals surface area contributed by atoms with E-state index in [0.717, 1.165) is 16.9 Å². The Balaban J connectivity index is 1.63. The molecule has 1 amide bonds. The smallest absolute Gasteiger partial charge is 0.265 e. The standard InChI is InChI=1S/C19H15Cl2NO2S/c1-12-16(21)3-2-4-17(12)22-19(23)18-9-13(11-25-18)10-24-15-7-5-14(20)6-8-15/h2-9,11H,10H2,1H3,(H,22,23). The summed E-state index contributed by atoms with van der Waals surface area (Å²) in [6.07, 6.45) is 0. The molecule has 0 saturated heterocycles. The molecule has 0 unspecified atom stereocenters. The molecule has 1 heterocycles. The molecule has 0 aliphatic heterocycles. The number of carbonyl (C=O) groups is 1. The summed E-state index contributed by atoms with van der Waals surface area (Å²) >= 11 is 13.3. The molecular weight excluding hydrogens is 377 g/mol. The van der Waals surface area contributed by atoms with Crippen molar-refractivity contribution in [3.05, 3.63) is 80.0 Å². The van der Waals surface area contributed by atoms with E-state index in [-0.39, 0.29) is 5.91 Å². The van der Waals surface area contributed by atoms with Crippen molar-refractivity contribution in [1.29, 1.82) is 0 Å². The van der Waals surface area contributed by atoms with Crippen molar-refractivity contribution >= 4 is 46.1 Å². The van der Waals surface area contributed by atoms with Crippen LogP contribution in [0.25, 0.3) is 0 Å². The average molecular weight is 392 g/mol. The first kappa shape index (κ1) is 17.8. The van der Waals surface area contributed by atoms with Gasteiger partial charge in [-0.15, -0.1) is 11.3 Å². The predicted octanol–water partition coefficient (Wildman–Crippen LogP) is 6.19. The molecule has 6 heteroatoms. The number of nitrogens with one attached hydrogen (secondary N) is 1. The Labute approximate surface area is 160 Å². The number of amides is 1. The van der Waals surface area contributed by atoms with Gasteiger partial charge in [0.05, 0.1) is 4.88 Å². The molecule has 0 spiro atoms. The van der Waals surface area contributed by atoms with Gasteiger partial charge in [-0.1, -0.05) is 29.3 Å². The molecule has 0 atom stereocenters. The average Bonchev–Trinajstić information content (AvgIpc) is 3.08. The number of anilines is 1. The zero-order valence-corrected chi connectivity index (χ0v) is 15.7. The second kappa shape index (κ2) is 7.91. The lowest BCUT2D eigenvalue weighted by Crippen LogP contribution is -2.11. The van der Waals surface area contributed by atoms with Crippen LogP contribution in [0, 0.1) is 6.92 Å². The van der Waals surface area contributed by atoms with Crippen molar-refractivity contribution in [2.24, 2.45) is 0 Å². The van der Waals surface area contributed by atoms with Crippen molar-refractivity contribution in [2.45, 2.75) is 13.5 Å². The van der Waals surface area contributed by atoms with Crippen LogP contribution in [0.2, 0.25) is 10.0 Å². The molecular formula is C19H15Cl2NO2S. The summed E-state index contributed by atoms with van der Waals surface area (Å²) in [5, 5.41) is 6.10. The zero-order valence-electron chi connectivity index (χ0n) is 13.4. The Kier molecular flexibility index (Phi) is 5.63. The van der Waals surface area contributed by atoms with Crippen molar-refractivity contribution < 1.29 is 9.53 Å². The Morgan fingerprint density at radius 3 is 2.68 bits per heavy atom. The fourth-order valence-electron chi connectivity index (χ4n) is 2.19. The number of benzene rings is 2. The van der Waals surface area contributed by atoms with Gasteiger partial charge in [0.25, 0.3) is 5.91 Å². The Morgan fingerprint density at radius 2 is 1.92 bits per heavy atom. The molecule has 0 radical (unpaired) electrons. The van der Waals surface area contributed by atoms with Gasteiger partial charge >= 0.3 is 0 Å². The van der Waals surface area contributed by atoms with E-state index >= 15 is 0 Å². The lowest BCUT2D eigenvalue weighted by Gasteiger charge is -2.08. The lowest BCUT2D eigenvalue weighted by molar-refractivity contribution is 0.103. The van der Waals surface area contributed by atoms with Gasteiger partial charge in [0.1, 0.15) is 12.4 Å². The van der Waals surface area contributed by atoms with Crippen LogP contribution in [0.5, 0.6) is 5.75 Å². The monoisotopic (exact) mass is 391 g/mol. The maximum absolute atomic E-state index is 12.4. The van der Waals surface area contributed by atoms with Crippen molar-refractivity contribution in [3.63, 3.8) is 0 Å². The lowest BCUT2D eigenvalue weighted by atomic mass is 10.2.